The van der Waals surface area contributed by atoms with Gasteiger partial charge in [-0.2, -0.15) is 0 Å². The summed E-state index contributed by atoms with van der Waals surface area (Å²) in [6.07, 6.45) is 0.168. The Morgan fingerprint density at radius 3 is 1.88 bits per heavy atom. The van der Waals surface area contributed by atoms with Crippen LogP contribution in [0.1, 0.15) is 50.8 Å². The second-order valence-corrected chi connectivity index (χ2v) is 13.6. The minimum Gasteiger partial charge on any atom is -0.456 e. The number of hydrogen-bond donors (Lipinski definition) is 1. The van der Waals surface area contributed by atoms with Gasteiger partial charge in [0, 0.05) is 16.4 Å². The molecule has 0 saturated carbocycles. The van der Waals surface area contributed by atoms with Crippen LogP contribution >= 0.6 is 11.8 Å². The number of nitrogens with one attached hydrogen (secondary N) is 1. The Morgan fingerprint density at radius 1 is 0.755 bits per heavy atom. The molecule has 49 heavy (non-hydrogen) atoms. The van der Waals surface area contributed by atoms with Crippen LogP contribution in [0.4, 0.5) is 0 Å². The Balaban J connectivity index is 1.30. The lowest BCUT2D eigenvalue weighted by atomic mass is 9.85. The zero-order valence-corrected chi connectivity index (χ0v) is 28.0. The van der Waals surface area contributed by atoms with Crippen LogP contribution < -0.4 is 5.32 Å². The number of esters is 1. The first-order valence-corrected chi connectivity index (χ1v) is 17.1. The SMILES string of the molecule is CC1=C(C(=O)OCc2ccccc2)N2C(=O)C(NC(=O)Cc3ccc(C)cc3)[C@H]2SC1CC(C(=O)c1ccccc1)C(=O)c1ccccc1. The van der Waals surface area contributed by atoms with Crippen molar-refractivity contribution in [3.63, 3.8) is 0 Å². The molecule has 2 heterocycles. The number of β-lactam (4-membered cyclic amide) rings is 1. The summed E-state index contributed by atoms with van der Waals surface area (Å²) >= 11 is 1.36. The van der Waals surface area contributed by atoms with Crippen LogP contribution in [0.15, 0.2) is 127 Å². The number of fused-ring (bicyclic) bond motifs is 1. The molecule has 0 spiro atoms. The van der Waals surface area contributed by atoms with E-state index in [0.717, 1.165) is 16.7 Å². The van der Waals surface area contributed by atoms with Gasteiger partial charge in [0.2, 0.25) is 5.91 Å². The van der Waals surface area contributed by atoms with Crippen LogP contribution in [-0.4, -0.2) is 50.9 Å². The molecule has 248 valence electrons. The van der Waals surface area contributed by atoms with Crippen LogP contribution in [0.5, 0.6) is 0 Å². The molecule has 4 aromatic carbocycles. The molecule has 1 fully saturated rings. The molecule has 2 unspecified atom stereocenters. The van der Waals surface area contributed by atoms with Gasteiger partial charge in [-0.1, -0.05) is 121 Å². The zero-order valence-electron chi connectivity index (χ0n) is 27.2. The molecule has 0 bridgehead atoms. The highest BCUT2D eigenvalue weighted by Crippen LogP contribution is 2.47. The fourth-order valence-corrected chi connectivity index (χ4v) is 7.77. The lowest BCUT2D eigenvalue weighted by Gasteiger charge is -2.51. The van der Waals surface area contributed by atoms with Gasteiger partial charge in [0.05, 0.1) is 12.3 Å². The van der Waals surface area contributed by atoms with E-state index in [1.807, 2.05) is 61.5 Å². The van der Waals surface area contributed by atoms with Gasteiger partial charge in [0.1, 0.15) is 23.7 Å². The monoisotopic (exact) mass is 672 g/mol. The van der Waals surface area contributed by atoms with E-state index < -0.39 is 34.5 Å². The Morgan fingerprint density at radius 2 is 1.31 bits per heavy atom. The number of ether oxygens (including phenoxy) is 1. The fraction of sp³-hybridized carbons (Fsp3) is 0.225. The maximum Gasteiger partial charge on any atom is 0.355 e. The van der Waals surface area contributed by atoms with Crippen molar-refractivity contribution in [1.29, 1.82) is 0 Å². The highest BCUT2D eigenvalue weighted by molar-refractivity contribution is 8.00. The molecule has 2 aliphatic heterocycles. The van der Waals surface area contributed by atoms with Gasteiger partial charge >= 0.3 is 5.97 Å². The van der Waals surface area contributed by atoms with Crippen LogP contribution in [0.25, 0.3) is 0 Å². The largest absolute Gasteiger partial charge is 0.456 e. The van der Waals surface area contributed by atoms with E-state index in [0.29, 0.717) is 16.7 Å². The summed E-state index contributed by atoms with van der Waals surface area (Å²) < 4.78 is 5.71. The molecule has 0 radical (unpaired) electrons. The molecule has 1 saturated heterocycles. The minimum atomic E-state index is -1.06. The minimum absolute atomic E-state index is 0.000709. The molecule has 6 rings (SSSR count). The van der Waals surface area contributed by atoms with Gasteiger partial charge in [0.25, 0.3) is 5.91 Å². The van der Waals surface area contributed by atoms with Gasteiger partial charge in [-0.15, -0.1) is 11.8 Å². The predicted molar refractivity (Wildman–Crippen MR) is 187 cm³/mol. The van der Waals surface area contributed by atoms with Gasteiger partial charge in [-0.3, -0.25) is 24.1 Å². The third-order valence-corrected chi connectivity index (χ3v) is 10.5. The Bertz CT molecular complexity index is 1840. The van der Waals surface area contributed by atoms with Gasteiger partial charge < -0.3 is 10.1 Å². The summed E-state index contributed by atoms with van der Waals surface area (Å²) in [6.45, 7) is 3.70. The van der Waals surface area contributed by atoms with E-state index in [2.05, 4.69) is 5.32 Å². The molecule has 0 aromatic heterocycles. The molecule has 1 N–H and O–H groups in total. The Kier molecular flexibility index (Phi) is 10.2. The van der Waals surface area contributed by atoms with E-state index in [1.54, 1.807) is 67.6 Å². The summed E-state index contributed by atoms with van der Waals surface area (Å²) in [5, 5.41) is 1.72. The van der Waals surface area contributed by atoms with Crippen molar-refractivity contribution in [2.24, 2.45) is 5.92 Å². The van der Waals surface area contributed by atoms with Crippen LogP contribution in [0.2, 0.25) is 0 Å². The molecule has 0 aliphatic carbocycles. The van der Waals surface area contributed by atoms with E-state index >= 15 is 0 Å². The first-order valence-electron chi connectivity index (χ1n) is 16.1. The van der Waals surface area contributed by atoms with Crippen molar-refractivity contribution in [2.75, 3.05) is 0 Å². The fourth-order valence-electron chi connectivity index (χ4n) is 6.14. The molecule has 9 heteroatoms. The number of hydrogen-bond acceptors (Lipinski definition) is 7. The summed E-state index contributed by atoms with van der Waals surface area (Å²) in [5.74, 6) is -3.14. The maximum absolute atomic E-state index is 14.0. The Hall–Kier alpha value is -5.28. The topological polar surface area (TPSA) is 110 Å². The van der Waals surface area contributed by atoms with Crippen LogP contribution in [-0.2, 0) is 32.1 Å². The van der Waals surface area contributed by atoms with E-state index in [1.165, 1.54) is 16.7 Å². The summed E-state index contributed by atoms with van der Waals surface area (Å²) in [4.78, 5) is 69.8. The number of rotatable bonds is 12. The van der Waals surface area contributed by atoms with Crippen LogP contribution in [0, 0.1) is 12.8 Å². The predicted octanol–water partition coefficient (Wildman–Crippen LogP) is 6.10. The zero-order chi connectivity index (χ0) is 34.5. The third kappa shape index (κ3) is 7.42. The normalized spacial score (nSPS) is 18.4. The van der Waals surface area contributed by atoms with Gasteiger partial charge in [0.15, 0.2) is 11.6 Å². The quantitative estimate of drug-likeness (QED) is 0.0839. The first kappa shape index (κ1) is 33.6. The lowest BCUT2D eigenvalue weighted by molar-refractivity contribution is -0.153. The number of ketones is 2. The van der Waals surface area contributed by atoms with E-state index in [4.69, 9.17) is 4.74 Å². The van der Waals surface area contributed by atoms with Crippen LogP contribution in [0.3, 0.4) is 0 Å². The first-order chi connectivity index (χ1) is 23.7. The van der Waals surface area contributed by atoms with E-state index in [-0.39, 0.29) is 42.6 Å². The molecule has 3 atom stereocenters. The van der Waals surface area contributed by atoms with Crippen molar-refractivity contribution < 1.29 is 28.7 Å². The average molecular weight is 673 g/mol. The summed E-state index contributed by atoms with van der Waals surface area (Å²) in [5.41, 5.74) is 4.09. The summed E-state index contributed by atoms with van der Waals surface area (Å²) in [6, 6.07) is 33.2. The highest BCUT2D eigenvalue weighted by atomic mass is 32.2. The average Bonchev–Trinajstić information content (AvgIpc) is 3.13. The third-order valence-electron chi connectivity index (χ3n) is 8.85. The Labute approximate surface area is 289 Å². The number of Topliss-reactive ketones (excluding diaryl/α,β-unsaturated/α-hetero) is 2. The lowest BCUT2D eigenvalue weighted by Crippen LogP contribution is -2.71. The number of amides is 2. The number of nitrogens with zero attached hydrogens (tertiary/aromatic N) is 1. The molecule has 8 nitrogen and oxygen atoms in total. The highest BCUT2D eigenvalue weighted by Gasteiger charge is 2.56. The van der Waals surface area contributed by atoms with Crippen molar-refractivity contribution >= 4 is 41.1 Å². The molecule has 2 amide bonds. The van der Waals surface area contributed by atoms with Crippen molar-refractivity contribution in [2.45, 2.75) is 50.0 Å². The second-order valence-electron chi connectivity index (χ2n) is 12.3. The van der Waals surface area contributed by atoms with Crippen molar-refractivity contribution in [3.05, 3.63) is 154 Å². The maximum atomic E-state index is 14.0. The van der Waals surface area contributed by atoms with E-state index in [9.17, 15) is 24.0 Å². The van der Waals surface area contributed by atoms with Gasteiger partial charge in [-0.25, -0.2) is 4.79 Å². The van der Waals surface area contributed by atoms with Crippen molar-refractivity contribution in [1.82, 2.24) is 10.2 Å². The number of carbonyl (C=O) groups excluding carboxylic acids is 5. The number of aryl methyl sites for hydroxylation is 1. The van der Waals surface area contributed by atoms with Crippen molar-refractivity contribution in [3.8, 4) is 0 Å². The second kappa shape index (κ2) is 14.9. The summed E-state index contributed by atoms with van der Waals surface area (Å²) in [7, 11) is 0. The number of carbonyl (C=O) groups is 5. The molecule has 2 aliphatic rings. The molecular weight excluding hydrogens is 637 g/mol. The molecular formula is C40H36N2O6S. The smallest absolute Gasteiger partial charge is 0.355 e. The van der Waals surface area contributed by atoms with Gasteiger partial charge in [-0.05, 0) is 37.0 Å². The molecule has 4 aromatic rings. The number of benzene rings is 4. The number of thioether (sulfide) groups is 1. The standard InChI is InChI=1S/C40H36N2O6S/c1-25-18-20-27(21-19-25)22-33(43)41-34-38(46)42-35(40(47)48-24-28-12-6-3-7-13-28)26(2)32(49-39(34)42)23-31(36(44)29-14-8-4-9-15-29)37(45)30-16-10-5-11-17-30/h3-21,31-32,34,39H,22-24H2,1-2H3,(H,41,43)/t32?,34?,39-/m1/s1.